The summed E-state index contributed by atoms with van der Waals surface area (Å²) in [5.74, 6) is 3.06. The predicted octanol–water partition coefficient (Wildman–Crippen LogP) is 3.61. The summed E-state index contributed by atoms with van der Waals surface area (Å²) in [6, 6.07) is 0. The van der Waals surface area contributed by atoms with Gasteiger partial charge in [-0.2, -0.15) is 0 Å². The maximum atomic E-state index is 6.34. The van der Waals surface area contributed by atoms with Gasteiger partial charge in [0.1, 0.15) is 11.6 Å². The Morgan fingerprint density at radius 1 is 1.29 bits per heavy atom. The smallest absolute Gasteiger partial charge is 0.127 e. The van der Waals surface area contributed by atoms with Crippen LogP contribution in [-0.4, -0.2) is 9.55 Å². The minimum atomic E-state index is 0.0126. The van der Waals surface area contributed by atoms with Gasteiger partial charge in [0, 0.05) is 17.4 Å². The molecule has 0 aliphatic heterocycles. The highest BCUT2D eigenvalue weighted by molar-refractivity contribution is 5.43. The molecule has 2 rings (SSSR count). The zero-order chi connectivity index (χ0) is 12.8. The summed E-state index contributed by atoms with van der Waals surface area (Å²) in [5.41, 5.74) is 7.50. The van der Waals surface area contributed by atoms with Crippen molar-refractivity contribution in [1.82, 2.24) is 9.55 Å². The quantitative estimate of drug-likeness (QED) is 0.851. The number of nitrogens with two attached hydrogens (primary N) is 1. The molecule has 1 aliphatic rings. The molecule has 3 heteroatoms. The summed E-state index contributed by atoms with van der Waals surface area (Å²) in [6.45, 7) is 11.0. The number of hydrogen-bond donors (Lipinski definition) is 1. The molecule has 17 heavy (non-hydrogen) atoms. The van der Waals surface area contributed by atoms with E-state index in [-0.39, 0.29) is 5.54 Å². The van der Waals surface area contributed by atoms with E-state index in [1.807, 2.05) is 0 Å². The first-order valence-corrected chi connectivity index (χ1v) is 6.71. The molecule has 0 atom stereocenters. The highest BCUT2D eigenvalue weighted by Gasteiger charge is 2.31. The van der Waals surface area contributed by atoms with Gasteiger partial charge in [-0.15, -0.1) is 0 Å². The van der Waals surface area contributed by atoms with Crippen LogP contribution in [-0.2, 0) is 5.54 Å². The second-order valence-corrected chi connectivity index (χ2v) is 6.53. The molecule has 1 heterocycles. The summed E-state index contributed by atoms with van der Waals surface area (Å²) in [4.78, 5) is 4.84. The number of aromatic nitrogens is 2. The largest absolute Gasteiger partial charge is 0.384 e. The van der Waals surface area contributed by atoms with Crippen molar-refractivity contribution in [1.29, 1.82) is 0 Å². The first-order valence-electron chi connectivity index (χ1n) is 6.71. The molecule has 0 saturated heterocycles. The van der Waals surface area contributed by atoms with Gasteiger partial charge in [0.05, 0.1) is 5.69 Å². The average Bonchev–Trinajstić information content (AvgIpc) is 2.40. The second kappa shape index (κ2) is 4.04. The third-order valence-electron chi connectivity index (χ3n) is 3.65. The van der Waals surface area contributed by atoms with Gasteiger partial charge in [0.25, 0.3) is 0 Å². The highest BCUT2D eigenvalue weighted by Crippen LogP contribution is 2.41. The van der Waals surface area contributed by atoms with Crippen LogP contribution in [0.15, 0.2) is 0 Å². The monoisotopic (exact) mass is 235 g/mol. The van der Waals surface area contributed by atoms with Crippen molar-refractivity contribution in [3.63, 3.8) is 0 Å². The molecular formula is C14H25N3. The third-order valence-corrected chi connectivity index (χ3v) is 3.65. The summed E-state index contributed by atoms with van der Waals surface area (Å²) < 4.78 is 2.23. The highest BCUT2D eigenvalue weighted by atomic mass is 15.2. The Hall–Kier alpha value is -0.990. The fourth-order valence-electron chi connectivity index (χ4n) is 2.54. The lowest BCUT2D eigenvalue weighted by Crippen LogP contribution is -2.26. The molecule has 1 aromatic heterocycles. The van der Waals surface area contributed by atoms with Crippen molar-refractivity contribution in [2.45, 2.75) is 71.3 Å². The van der Waals surface area contributed by atoms with Crippen LogP contribution in [0.4, 0.5) is 5.82 Å². The zero-order valence-electron chi connectivity index (χ0n) is 11.7. The summed E-state index contributed by atoms with van der Waals surface area (Å²) in [5, 5.41) is 0. The molecule has 0 radical (unpaired) electrons. The molecular weight excluding hydrogens is 210 g/mol. The molecule has 1 aromatic rings. The average molecular weight is 235 g/mol. The number of anilines is 1. The van der Waals surface area contributed by atoms with E-state index in [4.69, 9.17) is 10.7 Å². The van der Waals surface area contributed by atoms with Gasteiger partial charge < -0.3 is 10.3 Å². The van der Waals surface area contributed by atoms with Crippen LogP contribution >= 0.6 is 0 Å². The van der Waals surface area contributed by atoms with Crippen LogP contribution in [0.25, 0.3) is 0 Å². The van der Waals surface area contributed by atoms with Crippen molar-refractivity contribution in [2.24, 2.45) is 0 Å². The molecule has 2 N–H and O–H groups in total. The van der Waals surface area contributed by atoms with E-state index in [0.717, 1.165) is 17.3 Å². The van der Waals surface area contributed by atoms with Crippen LogP contribution in [0.1, 0.15) is 77.2 Å². The molecule has 0 bridgehead atoms. The first-order chi connectivity index (χ1) is 7.82. The molecule has 0 aromatic carbocycles. The van der Waals surface area contributed by atoms with Crippen LogP contribution in [0, 0.1) is 0 Å². The standard InChI is InChI=1S/C14H25N3/c1-9(2)13-16-11(10-7-6-8-10)12(15)17(13)14(3,4)5/h9-10H,6-8,15H2,1-5H3. The van der Waals surface area contributed by atoms with Crippen LogP contribution < -0.4 is 5.73 Å². The lowest BCUT2D eigenvalue weighted by molar-refractivity contribution is 0.381. The zero-order valence-corrected chi connectivity index (χ0v) is 11.7. The Morgan fingerprint density at radius 3 is 2.18 bits per heavy atom. The molecule has 1 aliphatic carbocycles. The normalized spacial score (nSPS) is 17.5. The minimum Gasteiger partial charge on any atom is -0.384 e. The van der Waals surface area contributed by atoms with E-state index in [0.29, 0.717) is 11.8 Å². The lowest BCUT2D eigenvalue weighted by Gasteiger charge is -2.27. The number of imidazole rings is 1. The van der Waals surface area contributed by atoms with E-state index in [9.17, 15) is 0 Å². The number of nitrogen functional groups attached to an aromatic ring is 1. The topological polar surface area (TPSA) is 43.8 Å². The van der Waals surface area contributed by atoms with Gasteiger partial charge in [-0.25, -0.2) is 4.98 Å². The molecule has 0 spiro atoms. The SMILES string of the molecule is CC(C)c1nc(C2CCC2)c(N)n1C(C)(C)C. The second-order valence-electron chi connectivity index (χ2n) is 6.53. The minimum absolute atomic E-state index is 0.0126. The van der Waals surface area contributed by atoms with Crippen molar-refractivity contribution in [3.8, 4) is 0 Å². The summed E-state index contributed by atoms with van der Waals surface area (Å²) in [6.07, 6.45) is 3.83. The van der Waals surface area contributed by atoms with Crippen molar-refractivity contribution in [2.75, 3.05) is 5.73 Å². The summed E-state index contributed by atoms with van der Waals surface area (Å²) >= 11 is 0. The fraction of sp³-hybridized carbons (Fsp3) is 0.786. The van der Waals surface area contributed by atoms with E-state index in [1.54, 1.807) is 0 Å². The van der Waals surface area contributed by atoms with Crippen LogP contribution in [0.2, 0.25) is 0 Å². The number of rotatable bonds is 2. The third kappa shape index (κ3) is 2.07. The van der Waals surface area contributed by atoms with E-state index >= 15 is 0 Å². The first kappa shape index (κ1) is 12.5. The van der Waals surface area contributed by atoms with Gasteiger partial charge in [-0.3, -0.25) is 0 Å². The Balaban J connectivity index is 2.51. The molecule has 96 valence electrons. The molecule has 0 unspecified atom stereocenters. The van der Waals surface area contributed by atoms with E-state index in [1.165, 1.54) is 19.3 Å². The predicted molar refractivity (Wildman–Crippen MR) is 72.3 cm³/mol. The van der Waals surface area contributed by atoms with Crippen molar-refractivity contribution >= 4 is 5.82 Å². The van der Waals surface area contributed by atoms with E-state index in [2.05, 4.69) is 39.2 Å². The fourth-order valence-corrected chi connectivity index (χ4v) is 2.54. The Morgan fingerprint density at radius 2 is 1.88 bits per heavy atom. The van der Waals surface area contributed by atoms with Gasteiger partial charge in [0.15, 0.2) is 0 Å². The van der Waals surface area contributed by atoms with Crippen LogP contribution in [0.5, 0.6) is 0 Å². The molecule has 3 nitrogen and oxygen atoms in total. The van der Waals surface area contributed by atoms with Gasteiger partial charge in [-0.05, 0) is 33.6 Å². The Kier molecular flexibility index (Phi) is 2.96. The Bertz CT molecular complexity index is 406. The molecule has 1 fully saturated rings. The maximum absolute atomic E-state index is 6.34. The van der Waals surface area contributed by atoms with Crippen molar-refractivity contribution in [3.05, 3.63) is 11.5 Å². The lowest BCUT2D eigenvalue weighted by atomic mass is 9.83. The molecule has 1 saturated carbocycles. The van der Waals surface area contributed by atoms with Gasteiger partial charge in [0.2, 0.25) is 0 Å². The number of nitrogens with zero attached hydrogens (tertiary/aromatic N) is 2. The summed E-state index contributed by atoms with van der Waals surface area (Å²) in [7, 11) is 0. The number of hydrogen-bond acceptors (Lipinski definition) is 2. The van der Waals surface area contributed by atoms with Gasteiger partial charge in [-0.1, -0.05) is 20.3 Å². The van der Waals surface area contributed by atoms with E-state index < -0.39 is 0 Å². The molecule has 0 amide bonds. The van der Waals surface area contributed by atoms with Crippen LogP contribution in [0.3, 0.4) is 0 Å². The van der Waals surface area contributed by atoms with Crippen molar-refractivity contribution < 1.29 is 0 Å². The van der Waals surface area contributed by atoms with Gasteiger partial charge >= 0.3 is 0 Å². The Labute approximate surface area is 104 Å². The maximum Gasteiger partial charge on any atom is 0.127 e.